The summed E-state index contributed by atoms with van der Waals surface area (Å²) in [4.78, 5) is 0. The largest absolute Gasteiger partial charge is 0.493 e. The van der Waals surface area contributed by atoms with Crippen LogP contribution in [0.5, 0.6) is 5.75 Å². The third-order valence-corrected chi connectivity index (χ3v) is 2.82. The summed E-state index contributed by atoms with van der Waals surface area (Å²) < 4.78 is 5.62. The molecule has 88 valence electrons. The minimum atomic E-state index is -1.41. The first-order valence-electron chi connectivity index (χ1n) is 5.76. The van der Waals surface area contributed by atoms with Crippen molar-refractivity contribution >= 4 is 12.6 Å². The van der Waals surface area contributed by atoms with Crippen molar-refractivity contribution in [3.8, 4) is 5.75 Å². The molecule has 0 amide bonds. The molecular formula is C12H19BO3. The first kappa shape index (κ1) is 13.1. The van der Waals surface area contributed by atoms with Crippen LogP contribution in [0.2, 0.25) is 0 Å². The summed E-state index contributed by atoms with van der Waals surface area (Å²) in [6, 6.07) is 6.84. The molecule has 1 rings (SSSR count). The van der Waals surface area contributed by atoms with Crippen molar-refractivity contribution in [1.29, 1.82) is 0 Å². The highest BCUT2D eigenvalue weighted by Crippen LogP contribution is 2.13. The van der Waals surface area contributed by atoms with Gasteiger partial charge in [-0.2, -0.15) is 0 Å². The van der Waals surface area contributed by atoms with Crippen molar-refractivity contribution in [2.24, 2.45) is 5.92 Å². The molecule has 0 aliphatic carbocycles. The summed E-state index contributed by atoms with van der Waals surface area (Å²) in [5.41, 5.74) is 0.481. The summed E-state index contributed by atoms with van der Waals surface area (Å²) in [5, 5.41) is 17.8. The van der Waals surface area contributed by atoms with E-state index in [0.717, 1.165) is 18.6 Å². The Bertz CT molecular complexity index is 294. The maximum absolute atomic E-state index is 8.92. The number of rotatable bonds is 6. The molecule has 1 aromatic carbocycles. The first-order chi connectivity index (χ1) is 7.67. The third-order valence-electron chi connectivity index (χ3n) is 2.82. The zero-order valence-electron chi connectivity index (χ0n) is 9.89. The third kappa shape index (κ3) is 3.87. The molecule has 2 N–H and O–H groups in total. The molecule has 0 aliphatic heterocycles. The van der Waals surface area contributed by atoms with Gasteiger partial charge < -0.3 is 14.8 Å². The van der Waals surface area contributed by atoms with E-state index in [-0.39, 0.29) is 0 Å². The topological polar surface area (TPSA) is 49.7 Å². The lowest BCUT2D eigenvalue weighted by Gasteiger charge is -2.13. The highest BCUT2D eigenvalue weighted by molar-refractivity contribution is 6.58. The molecule has 0 bridgehead atoms. The Balaban J connectivity index is 2.49. The highest BCUT2D eigenvalue weighted by Gasteiger charge is 2.10. The summed E-state index contributed by atoms with van der Waals surface area (Å²) in [6.45, 7) is 5.03. The van der Waals surface area contributed by atoms with Gasteiger partial charge in [0, 0.05) is 0 Å². The van der Waals surface area contributed by atoms with Crippen molar-refractivity contribution in [2.75, 3.05) is 6.61 Å². The molecule has 1 aromatic rings. The minimum absolute atomic E-state index is 0.481. The Kier molecular flexibility index (Phi) is 5.36. The summed E-state index contributed by atoms with van der Waals surface area (Å²) >= 11 is 0. The van der Waals surface area contributed by atoms with E-state index < -0.39 is 7.12 Å². The standard InChI is InChI=1S/C12H19BO3/c1-3-10(4-2)9-16-12-7-5-11(6-8-12)13(14)15/h5-8,10,14-15H,3-4,9H2,1-2H3. The second-order valence-corrected chi connectivity index (χ2v) is 3.94. The van der Waals surface area contributed by atoms with Crippen LogP contribution in [-0.2, 0) is 0 Å². The van der Waals surface area contributed by atoms with Crippen LogP contribution >= 0.6 is 0 Å². The van der Waals surface area contributed by atoms with E-state index in [1.54, 1.807) is 24.3 Å². The number of ether oxygens (including phenoxy) is 1. The zero-order chi connectivity index (χ0) is 12.0. The van der Waals surface area contributed by atoms with Gasteiger partial charge in [-0.15, -0.1) is 0 Å². The van der Waals surface area contributed by atoms with Crippen LogP contribution in [0.3, 0.4) is 0 Å². The Morgan fingerprint density at radius 2 is 1.69 bits per heavy atom. The van der Waals surface area contributed by atoms with Gasteiger partial charge in [-0.1, -0.05) is 38.8 Å². The van der Waals surface area contributed by atoms with Crippen molar-refractivity contribution in [3.63, 3.8) is 0 Å². The van der Waals surface area contributed by atoms with Crippen LogP contribution < -0.4 is 10.2 Å². The maximum Gasteiger partial charge on any atom is 0.488 e. The molecule has 0 fully saturated rings. The minimum Gasteiger partial charge on any atom is -0.493 e. The van der Waals surface area contributed by atoms with Crippen LogP contribution in [0.15, 0.2) is 24.3 Å². The van der Waals surface area contributed by atoms with E-state index in [1.165, 1.54) is 0 Å². The Morgan fingerprint density at radius 3 is 2.12 bits per heavy atom. The monoisotopic (exact) mass is 222 g/mol. The second kappa shape index (κ2) is 6.56. The van der Waals surface area contributed by atoms with Crippen molar-refractivity contribution < 1.29 is 14.8 Å². The second-order valence-electron chi connectivity index (χ2n) is 3.94. The van der Waals surface area contributed by atoms with Crippen LogP contribution in [-0.4, -0.2) is 23.8 Å². The van der Waals surface area contributed by atoms with Gasteiger partial charge in [-0.3, -0.25) is 0 Å². The Morgan fingerprint density at radius 1 is 1.12 bits per heavy atom. The van der Waals surface area contributed by atoms with E-state index in [9.17, 15) is 0 Å². The number of hydrogen-bond acceptors (Lipinski definition) is 3. The zero-order valence-corrected chi connectivity index (χ0v) is 9.89. The fourth-order valence-corrected chi connectivity index (χ4v) is 1.47. The number of hydrogen-bond donors (Lipinski definition) is 2. The lowest BCUT2D eigenvalue weighted by Crippen LogP contribution is -2.29. The molecule has 16 heavy (non-hydrogen) atoms. The van der Waals surface area contributed by atoms with Crippen molar-refractivity contribution in [1.82, 2.24) is 0 Å². The van der Waals surface area contributed by atoms with Crippen LogP contribution in [0.25, 0.3) is 0 Å². The van der Waals surface area contributed by atoms with E-state index >= 15 is 0 Å². The summed E-state index contributed by atoms with van der Waals surface area (Å²) in [5.74, 6) is 1.36. The summed E-state index contributed by atoms with van der Waals surface area (Å²) in [6.07, 6.45) is 2.23. The molecule has 3 nitrogen and oxygen atoms in total. The SMILES string of the molecule is CCC(CC)COc1ccc(B(O)O)cc1. The van der Waals surface area contributed by atoms with Crippen molar-refractivity contribution in [2.45, 2.75) is 26.7 Å². The van der Waals surface area contributed by atoms with Crippen LogP contribution in [0.4, 0.5) is 0 Å². The van der Waals surface area contributed by atoms with Crippen LogP contribution in [0, 0.1) is 5.92 Å². The molecule has 4 heteroatoms. The highest BCUT2D eigenvalue weighted by atomic mass is 16.5. The predicted octanol–water partition coefficient (Wildman–Crippen LogP) is 1.18. The quantitative estimate of drug-likeness (QED) is 0.710. The molecule has 0 saturated heterocycles. The van der Waals surface area contributed by atoms with Gasteiger partial charge in [0.2, 0.25) is 0 Å². The number of benzene rings is 1. The van der Waals surface area contributed by atoms with Gasteiger partial charge in [0.15, 0.2) is 0 Å². The fourth-order valence-electron chi connectivity index (χ4n) is 1.47. The van der Waals surface area contributed by atoms with Gasteiger partial charge in [0.05, 0.1) is 6.61 Å². The van der Waals surface area contributed by atoms with E-state index in [2.05, 4.69) is 13.8 Å². The van der Waals surface area contributed by atoms with Gasteiger partial charge in [-0.25, -0.2) is 0 Å². The molecule has 0 radical (unpaired) electrons. The molecule has 0 aliphatic rings. The fraction of sp³-hybridized carbons (Fsp3) is 0.500. The maximum atomic E-state index is 8.92. The molecule has 0 unspecified atom stereocenters. The van der Waals surface area contributed by atoms with Crippen molar-refractivity contribution in [3.05, 3.63) is 24.3 Å². The molecular weight excluding hydrogens is 203 g/mol. The van der Waals surface area contributed by atoms with E-state index in [1.807, 2.05) is 0 Å². The van der Waals surface area contributed by atoms with Gasteiger partial charge in [-0.05, 0) is 23.5 Å². The lowest BCUT2D eigenvalue weighted by molar-refractivity contribution is 0.240. The predicted molar refractivity (Wildman–Crippen MR) is 65.8 cm³/mol. The van der Waals surface area contributed by atoms with Gasteiger partial charge in [0.25, 0.3) is 0 Å². The molecule has 0 atom stereocenters. The van der Waals surface area contributed by atoms with E-state index in [0.29, 0.717) is 18.0 Å². The molecule has 0 spiro atoms. The molecule has 0 heterocycles. The Hall–Kier alpha value is -0.995. The van der Waals surface area contributed by atoms with Gasteiger partial charge >= 0.3 is 7.12 Å². The summed E-state index contributed by atoms with van der Waals surface area (Å²) in [7, 11) is -1.41. The van der Waals surface area contributed by atoms with Gasteiger partial charge in [0.1, 0.15) is 5.75 Å². The average molecular weight is 222 g/mol. The Labute approximate surface area is 97.2 Å². The van der Waals surface area contributed by atoms with E-state index in [4.69, 9.17) is 14.8 Å². The lowest BCUT2D eigenvalue weighted by atomic mass is 9.80. The smallest absolute Gasteiger partial charge is 0.488 e. The average Bonchev–Trinajstić information content (AvgIpc) is 2.31. The normalized spacial score (nSPS) is 10.6. The first-order valence-corrected chi connectivity index (χ1v) is 5.76. The van der Waals surface area contributed by atoms with Crippen LogP contribution in [0.1, 0.15) is 26.7 Å². The molecule has 0 aromatic heterocycles. The molecule has 0 saturated carbocycles.